The summed E-state index contributed by atoms with van der Waals surface area (Å²) in [5, 5.41) is 10.4. The van der Waals surface area contributed by atoms with Gasteiger partial charge in [0.1, 0.15) is 6.04 Å². The van der Waals surface area contributed by atoms with Gasteiger partial charge in [-0.3, -0.25) is 15.2 Å². The number of carbonyl (C=O) groups is 1. The Morgan fingerprint density at radius 3 is 2.65 bits per heavy atom. The van der Waals surface area contributed by atoms with Gasteiger partial charge in [0.25, 0.3) is 0 Å². The molecule has 23 heavy (non-hydrogen) atoms. The Kier molecular flexibility index (Phi) is 5.08. The highest BCUT2D eigenvalue weighted by atomic mass is 16.2. The van der Waals surface area contributed by atoms with Crippen LogP contribution < -0.4 is 5.32 Å². The van der Waals surface area contributed by atoms with E-state index in [1.54, 1.807) is 0 Å². The van der Waals surface area contributed by atoms with Crippen molar-refractivity contribution in [3.8, 4) is 0 Å². The zero-order valence-corrected chi connectivity index (χ0v) is 13.6. The fourth-order valence-electron chi connectivity index (χ4n) is 3.06. The minimum atomic E-state index is -0.302. The van der Waals surface area contributed by atoms with Crippen LogP contribution in [0.5, 0.6) is 0 Å². The predicted molar refractivity (Wildman–Crippen MR) is 89.8 cm³/mol. The van der Waals surface area contributed by atoms with Gasteiger partial charge in [-0.25, -0.2) is 0 Å². The van der Waals surface area contributed by atoms with Crippen LogP contribution in [0.1, 0.15) is 42.1 Å². The molecule has 0 saturated carbocycles. The van der Waals surface area contributed by atoms with Gasteiger partial charge in [0.05, 0.1) is 6.20 Å². The molecule has 2 heterocycles. The zero-order chi connectivity index (χ0) is 16.1. The highest BCUT2D eigenvalue weighted by molar-refractivity contribution is 5.83. The highest BCUT2D eigenvalue weighted by Gasteiger charge is 2.26. The van der Waals surface area contributed by atoms with E-state index in [4.69, 9.17) is 0 Å². The van der Waals surface area contributed by atoms with Crippen molar-refractivity contribution in [2.45, 2.75) is 38.8 Å². The molecule has 2 N–H and O–H groups in total. The summed E-state index contributed by atoms with van der Waals surface area (Å²) in [4.78, 5) is 15.0. The van der Waals surface area contributed by atoms with Crippen LogP contribution in [0.3, 0.4) is 0 Å². The van der Waals surface area contributed by atoms with Gasteiger partial charge in [0.15, 0.2) is 0 Å². The summed E-state index contributed by atoms with van der Waals surface area (Å²) < 4.78 is 0. The Hall–Kier alpha value is -2.14. The summed E-state index contributed by atoms with van der Waals surface area (Å²) in [6.07, 6.45) is 5.25. The molecule has 1 atom stereocenters. The van der Waals surface area contributed by atoms with Crippen LogP contribution in [0.2, 0.25) is 0 Å². The average Bonchev–Trinajstić information content (AvgIpc) is 3.02. The van der Waals surface area contributed by atoms with E-state index < -0.39 is 0 Å². The lowest BCUT2D eigenvalue weighted by atomic mass is 10.0. The van der Waals surface area contributed by atoms with Crippen LogP contribution in [0.15, 0.2) is 36.5 Å². The number of hydrogen-bond donors (Lipinski definition) is 2. The Balaban J connectivity index is 1.76. The summed E-state index contributed by atoms with van der Waals surface area (Å²) in [5.74, 6) is 0.178. The second-order valence-corrected chi connectivity index (χ2v) is 6.13. The second kappa shape index (κ2) is 7.42. The van der Waals surface area contributed by atoms with Crippen LogP contribution in [0.25, 0.3) is 0 Å². The molecule has 0 bridgehead atoms. The van der Waals surface area contributed by atoms with Crippen molar-refractivity contribution in [1.82, 2.24) is 20.4 Å². The molecule has 1 amide bonds. The number of aromatic amines is 1. The summed E-state index contributed by atoms with van der Waals surface area (Å²) >= 11 is 0. The van der Waals surface area contributed by atoms with E-state index in [0.29, 0.717) is 6.54 Å². The summed E-state index contributed by atoms with van der Waals surface area (Å²) in [6.45, 7) is 4.36. The molecule has 1 fully saturated rings. The molecule has 0 spiro atoms. The average molecular weight is 312 g/mol. The lowest BCUT2D eigenvalue weighted by molar-refractivity contribution is -0.134. The van der Waals surface area contributed by atoms with Crippen molar-refractivity contribution in [2.24, 2.45) is 0 Å². The summed E-state index contributed by atoms with van der Waals surface area (Å²) in [5.41, 5.74) is 3.15. The van der Waals surface area contributed by atoms with E-state index in [9.17, 15) is 4.79 Å². The maximum absolute atomic E-state index is 13.0. The van der Waals surface area contributed by atoms with E-state index in [0.717, 1.165) is 42.8 Å². The number of piperidine rings is 1. The van der Waals surface area contributed by atoms with Crippen molar-refractivity contribution in [1.29, 1.82) is 0 Å². The molecule has 2 aromatic rings. The molecule has 1 aliphatic heterocycles. The monoisotopic (exact) mass is 312 g/mol. The molecule has 0 radical (unpaired) electrons. The number of carbonyl (C=O) groups excluding carboxylic acids is 1. The molecule has 3 rings (SSSR count). The van der Waals surface area contributed by atoms with E-state index in [1.165, 1.54) is 6.42 Å². The van der Waals surface area contributed by atoms with Crippen molar-refractivity contribution in [2.75, 3.05) is 13.1 Å². The number of benzene rings is 1. The summed E-state index contributed by atoms with van der Waals surface area (Å²) in [7, 11) is 0. The number of rotatable bonds is 5. The van der Waals surface area contributed by atoms with E-state index >= 15 is 0 Å². The number of amides is 1. The SMILES string of the molecule is Cc1[nH]ncc1CNC(C(=O)N1CCCCC1)c1ccccc1. The Bertz CT molecular complexity index is 631. The number of H-pyrrole nitrogens is 1. The summed E-state index contributed by atoms with van der Waals surface area (Å²) in [6, 6.07) is 9.67. The first kappa shape index (κ1) is 15.7. The number of likely N-dealkylation sites (tertiary alicyclic amines) is 1. The molecule has 1 saturated heterocycles. The van der Waals surface area contributed by atoms with Gasteiger partial charge in [-0.15, -0.1) is 0 Å². The second-order valence-electron chi connectivity index (χ2n) is 6.13. The molecule has 5 nitrogen and oxygen atoms in total. The first-order chi connectivity index (χ1) is 11.3. The third-order valence-corrected chi connectivity index (χ3v) is 4.48. The third kappa shape index (κ3) is 3.79. The highest BCUT2D eigenvalue weighted by Crippen LogP contribution is 2.20. The van der Waals surface area contributed by atoms with Gasteiger partial charge < -0.3 is 4.90 Å². The van der Waals surface area contributed by atoms with Crippen molar-refractivity contribution in [3.05, 3.63) is 53.3 Å². The van der Waals surface area contributed by atoms with Crippen molar-refractivity contribution < 1.29 is 4.79 Å². The van der Waals surface area contributed by atoms with Gasteiger partial charge in [-0.1, -0.05) is 30.3 Å². The topological polar surface area (TPSA) is 61.0 Å². The molecule has 122 valence electrons. The zero-order valence-electron chi connectivity index (χ0n) is 13.6. The van der Waals surface area contributed by atoms with Gasteiger partial charge in [-0.2, -0.15) is 5.10 Å². The number of aromatic nitrogens is 2. The standard InChI is InChI=1S/C18H24N4O/c1-14-16(13-20-21-14)12-19-17(15-8-4-2-5-9-15)18(23)22-10-6-3-7-11-22/h2,4-5,8-9,13,17,19H,3,6-7,10-12H2,1H3,(H,20,21). The fourth-order valence-corrected chi connectivity index (χ4v) is 3.06. The van der Waals surface area contributed by atoms with E-state index in [1.807, 2.05) is 48.4 Å². The van der Waals surface area contributed by atoms with Gasteiger partial charge >= 0.3 is 0 Å². The Labute approximate surface area is 137 Å². The molecule has 5 heteroatoms. The molecular formula is C18H24N4O. The van der Waals surface area contributed by atoms with E-state index in [2.05, 4.69) is 15.5 Å². The smallest absolute Gasteiger partial charge is 0.244 e. The maximum atomic E-state index is 13.0. The van der Waals surface area contributed by atoms with Crippen LogP contribution in [0.4, 0.5) is 0 Å². The van der Waals surface area contributed by atoms with Crippen LogP contribution in [0, 0.1) is 6.92 Å². The molecule has 1 aromatic carbocycles. The van der Waals surface area contributed by atoms with Crippen LogP contribution >= 0.6 is 0 Å². The van der Waals surface area contributed by atoms with Gasteiger partial charge in [-0.05, 0) is 31.7 Å². The fraction of sp³-hybridized carbons (Fsp3) is 0.444. The molecule has 0 aliphatic carbocycles. The first-order valence-electron chi connectivity index (χ1n) is 8.31. The van der Waals surface area contributed by atoms with Crippen LogP contribution in [-0.4, -0.2) is 34.1 Å². The quantitative estimate of drug-likeness (QED) is 0.892. The molecule has 1 aliphatic rings. The molecular weight excluding hydrogens is 288 g/mol. The number of aryl methyl sites for hydroxylation is 1. The normalized spacial score (nSPS) is 16.3. The van der Waals surface area contributed by atoms with Crippen LogP contribution in [-0.2, 0) is 11.3 Å². The Morgan fingerprint density at radius 1 is 1.26 bits per heavy atom. The van der Waals surface area contributed by atoms with Crippen molar-refractivity contribution >= 4 is 5.91 Å². The minimum Gasteiger partial charge on any atom is -0.341 e. The van der Waals surface area contributed by atoms with Crippen molar-refractivity contribution in [3.63, 3.8) is 0 Å². The lowest BCUT2D eigenvalue weighted by Gasteiger charge is -2.31. The third-order valence-electron chi connectivity index (χ3n) is 4.48. The largest absolute Gasteiger partial charge is 0.341 e. The number of nitrogens with zero attached hydrogens (tertiary/aromatic N) is 2. The lowest BCUT2D eigenvalue weighted by Crippen LogP contribution is -2.43. The first-order valence-corrected chi connectivity index (χ1v) is 8.31. The van der Waals surface area contributed by atoms with Gasteiger partial charge in [0, 0.05) is 30.9 Å². The Morgan fingerprint density at radius 2 is 2.00 bits per heavy atom. The van der Waals surface area contributed by atoms with Gasteiger partial charge in [0.2, 0.25) is 5.91 Å². The van der Waals surface area contributed by atoms with E-state index in [-0.39, 0.29) is 11.9 Å². The predicted octanol–water partition coefficient (Wildman–Crippen LogP) is 2.56. The molecule has 1 aromatic heterocycles. The maximum Gasteiger partial charge on any atom is 0.244 e. The minimum absolute atomic E-state index is 0.178. The molecule has 1 unspecified atom stereocenters. The number of nitrogens with one attached hydrogen (secondary N) is 2. The number of hydrogen-bond acceptors (Lipinski definition) is 3.